The molecule has 0 atom stereocenters. The highest BCUT2D eigenvalue weighted by Crippen LogP contribution is 2.21. The van der Waals surface area contributed by atoms with Gasteiger partial charge in [-0.3, -0.25) is 0 Å². The van der Waals surface area contributed by atoms with Crippen LogP contribution in [0.2, 0.25) is 5.28 Å². The summed E-state index contributed by atoms with van der Waals surface area (Å²) < 4.78 is 13.4. The van der Waals surface area contributed by atoms with Gasteiger partial charge in [0, 0.05) is 17.8 Å². The number of hydrogen-bond acceptors (Lipinski definition) is 5. The third kappa shape index (κ3) is 3.29. The molecule has 0 radical (unpaired) electrons. The maximum absolute atomic E-state index is 13.4. The summed E-state index contributed by atoms with van der Waals surface area (Å²) >= 11 is 5.81. The number of rotatable bonds is 4. The van der Waals surface area contributed by atoms with Crippen molar-refractivity contribution in [2.75, 3.05) is 17.2 Å². The van der Waals surface area contributed by atoms with Crippen LogP contribution in [0.25, 0.3) is 0 Å². The molecule has 7 heteroatoms. The minimum atomic E-state index is -0.294. The number of anilines is 3. The molecule has 2 aromatic rings. The van der Waals surface area contributed by atoms with E-state index >= 15 is 0 Å². The summed E-state index contributed by atoms with van der Waals surface area (Å²) in [6.45, 7) is 4.26. The van der Waals surface area contributed by atoms with Crippen molar-refractivity contribution < 1.29 is 4.39 Å². The number of benzene rings is 1. The van der Waals surface area contributed by atoms with Gasteiger partial charge in [-0.25, -0.2) is 4.39 Å². The third-order valence-corrected chi connectivity index (χ3v) is 2.63. The van der Waals surface area contributed by atoms with E-state index in [1.807, 2.05) is 6.92 Å². The summed E-state index contributed by atoms with van der Waals surface area (Å²) in [7, 11) is 0. The van der Waals surface area contributed by atoms with Gasteiger partial charge >= 0.3 is 0 Å². The highest BCUT2D eigenvalue weighted by Gasteiger charge is 2.08. The lowest BCUT2D eigenvalue weighted by Gasteiger charge is -2.09. The van der Waals surface area contributed by atoms with Gasteiger partial charge in [-0.05, 0) is 37.6 Å². The van der Waals surface area contributed by atoms with Crippen LogP contribution in [-0.2, 0) is 0 Å². The molecule has 1 heterocycles. The molecular formula is C12H13ClFN5. The van der Waals surface area contributed by atoms with Crippen molar-refractivity contribution >= 4 is 29.2 Å². The number of nitrogens with one attached hydrogen (secondary N) is 2. The number of nitrogens with zero attached hydrogens (tertiary/aromatic N) is 3. The van der Waals surface area contributed by atoms with Crippen LogP contribution in [-0.4, -0.2) is 21.5 Å². The van der Waals surface area contributed by atoms with Gasteiger partial charge < -0.3 is 10.6 Å². The second kappa shape index (κ2) is 5.79. The first-order valence-electron chi connectivity index (χ1n) is 5.77. The van der Waals surface area contributed by atoms with Crippen LogP contribution in [0.3, 0.4) is 0 Å². The Balaban J connectivity index is 2.30. The molecule has 0 fully saturated rings. The molecule has 0 spiro atoms. The van der Waals surface area contributed by atoms with Crippen LogP contribution in [0.15, 0.2) is 18.2 Å². The number of hydrogen-bond donors (Lipinski definition) is 2. The van der Waals surface area contributed by atoms with E-state index in [1.54, 1.807) is 19.1 Å². The average Bonchev–Trinajstić information content (AvgIpc) is 2.35. The van der Waals surface area contributed by atoms with E-state index < -0.39 is 0 Å². The maximum Gasteiger partial charge on any atom is 0.233 e. The van der Waals surface area contributed by atoms with E-state index in [0.717, 1.165) is 0 Å². The summed E-state index contributed by atoms with van der Waals surface area (Å²) in [4.78, 5) is 12.0. The first kappa shape index (κ1) is 13.5. The Morgan fingerprint density at radius 3 is 2.68 bits per heavy atom. The Morgan fingerprint density at radius 2 is 1.95 bits per heavy atom. The topological polar surface area (TPSA) is 62.7 Å². The fourth-order valence-corrected chi connectivity index (χ4v) is 1.67. The van der Waals surface area contributed by atoms with Gasteiger partial charge in [-0.15, -0.1) is 0 Å². The van der Waals surface area contributed by atoms with E-state index in [1.165, 1.54) is 6.07 Å². The van der Waals surface area contributed by atoms with Gasteiger partial charge in [-0.2, -0.15) is 15.0 Å². The molecule has 0 saturated heterocycles. The van der Waals surface area contributed by atoms with Crippen LogP contribution in [0.1, 0.15) is 12.5 Å². The summed E-state index contributed by atoms with van der Waals surface area (Å²) in [5.74, 6) is 0.348. The lowest BCUT2D eigenvalue weighted by molar-refractivity contribution is 0.619. The van der Waals surface area contributed by atoms with Crippen molar-refractivity contribution in [1.29, 1.82) is 0 Å². The molecule has 19 heavy (non-hydrogen) atoms. The fourth-order valence-electron chi connectivity index (χ4n) is 1.51. The minimum absolute atomic E-state index is 0.0718. The molecule has 2 rings (SSSR count). The summed E-state index contributed by atoms with van der Waals surface area (Å²) in [5.41, 5.74) is 1.08. The maximum atomic E-state index is 13.4. The first-order valence-corrected chi connectivity index (χ1v) is 6.15. The van der Waals surface area contributed by atoms with Gasteiger partial charge in [0.2, 0.25) is 17.2 Å². The summed E-state index contributed by atoms with van der Waals surface area (Å²) in [5, 5.41) is 5.94. The number of aromatic nitrogens is 3. The van der Waals surface area contributed by atoms with E-state index in [0.29, 0.717) is 23.7 Å². The van der Waals surface area contributed by atoms with Gasteiger partial charge in [-0.1, -0.05) is 6.07 Å². The zero-order valence-corrected chi connectivity index (χ0v) is 11.3. The van der Waals surface area contributed by atoms with E-state index in [9.17, 15) is 4.39 Å². The van der Waals surface area contributed by atoms with Crippen LogP contribution < -0.4 is 10.6 Å². The minimum Gasteiger partial charge on any atom is -0.354 e. The lowest BCUT2D eigenvalue weighted by atomic mass is 10.2. The van der Waals surface area contributed by atoms with Crippen molar-refractivity contribution in [2.24, 2.45) is 0 Å². The zero-order chi connectivity index (χ0) is 13.8. The van der Waals surface area contributed by atoms with E-state index in [-0.39, 0.29) is 17.0 Å². The van der Waals surface area contributed by atoms with Gasteiger partial charge in [0.05, 0.1) is 0 Å². The summed E-state index contributed by atoms with van der Waals surface area (Å²) in [6, 6.07) is 4.74. The Bertz CT molecular complexity index is 590. The smallest absolute Gasteiger partial charge is 0.233 e. The highest BCUT2D eigenvalue weighted by molar-refractivity contribution is 6.28. The largest absolute Gasteiger partial charge is 0.354 e. The van der Waals surface area contributed by atoms with Crippen molar-refractivity contribution in [3.05, 3.63) is 34.9 Å². The molecule has 0 aliphatic carbocycles. The van der Waals surface area contributed by atoms with Crippen molar-refractivity contribution in [3.63, 3.8) is 0 Å². The molecule has 0 saturated carbocycles. The normalized spacial score (nSPS) is 10.3. The molecule has 0 amide bonds. The van der Waals surface area contributed by atoms with Crippen molar-refractivity contribution in [1.82, 2.24) is 15.0 Å². The molecule has 0 unspecified atom stereocenters. The predicted octanol–water partition coefficient (Wildman–Crippen LogP) is 3.15. The Morgan fingerprint density at radius 1 is 1.21 bits per heavy atom. The Labute approximate surface area is 115 Å². The van der Waals surface area contributed by atoms with E-state index in [4.69, 9.17) is 11.6 Å². The van der Waals surface area contributed by atoms with Gasteiger partial charge in [0.15, 0.2) is 0 Å². The first-order chi connectivity index (χ1) is 9.10. The molecule has 5 nitrogen and oxygen atoms in total. The quantitative estimate of drug-likeness (QED) is 0.901. The summed E-state index contributed by atoms with van der Waals surface area (Å²) in [6.07, 6.45) is 0. The molecular weight excluding hydrogens is 269 g/mol. The number of halogens is 2. The molecule has 100 valence electrons. The standard InChI is InChI=1S/C12H13ClFN5/c1-3-15-11-17-10(13)18-12(19-11)16-9-6-4-5-8(14)7(9)2/h4-6H,3H2,1-2H3,(H2,15,16,17,18,19). The average molecular weight is 282 g/mol. The van der Waals surface area contributed by atoms with Gasteiger partial charge in [0.1, 0.15) is 5.82 Å². The van der Waals surface area contributed by atoms with Crippen LogP contribution >= 0.6 is 11.6 Å². The highest BCUT2D eigenvalue weighted by atomic mass is 35.5. The molecule has 1 aromatic heterocycles. The lowest BCUT2D eigenvalue weighted by Crippen LogP contribution is -2.07. The molecule has 2 N–H and O–H groups in total. The van der Waals surface area contributed by atoms with Crippen LogP contribution in [0.5, 0.6) is 0 Å². The molecule has 0 aliphatic heterocycles. The molecule has 0 aliphatic rings. The fraction of sp³-hybridized carbons (Fsp3) is 0.250. The second-order valence-corrected chi connectivity index (χ2v) is 4.16. The molecule has 0 bridgehead atoms. The van der Waals surface area contributed by atoms with Gasteiger partial charge in [0.25, 0.3) is 0 Å². The Kier molecular flexibility index (Phi) is 4.11. The second-order valence-electron chi connectivity index (χ2n) is 3.82. The van der Waals surface area contributed by atoms with Crippen LogP contribution in [0, 0.1) is 12.7 Å². The predicted molar refractivity (Wildman–Crippen MR) is 73.4 cm³/mol. The zero-order valence-electron chi connectivity index (χ0n) is 10.5. The van der Waals surface area contributed by atoms with E-state index in [2.05, 4.69) is 25.6 Å². The molecule has 1 aromatic carbocycles. The van der Waals surface area contributed by atoms with Crippen LogP contribution in [0.4, 0.5) is 22.0 Å². The Hall–Kier alpha value is -1.95. The third-order valence-electron chi connectivity index (χ3n) is 2.46. The van der Waals surface area contributed by atoms with Crippen molar-refractivity contribution in [2.45, 2.75) is 13.8 Å². The SMILES string of the molecule is CCNc1nc(Cl)nc(Nc2cccc(F)c2C)n1. The monoisotopic (exact) mass is 281 g/mol. The van der Waals surface area contributed by atoms with Crippen molar-refractivity contribution in [3.8, 4) is 0 Å².